The molecule has 86 valence electrons. The van der Waals surface area contributed by atoms with Crippen molar-refractivity contribution in [3.8, 4) is 0 Å². The molecule has 0 aromatic heterocycles. The topological polar surface area (TPSA) is 17.1 Å². The van der Waals surface area contributed by atoms with E-state index in [4.69, 9.17) is 0 Å². The number of carbonyl (C=O) groups is 1. The minimum atomic E-state index is 0.787. The molecular weight excluding hydrogens is 208 g/mol. The number of hydrogen-bond donors (Lipinski definition) is 0. The second kappa shape index (κ2) is 4.96. The molecule has 0 fully saturated rings. The van der Waals surface area contributed by atoms with Gasteiger partial charge in [-0.05, 0) is 42.5 Å². The van der Waals surface area contributed by atoms with Gasteiger partial charge < -0.3 is 0 Å². The molecule has 2 aromatic rings. The van der Waals surface area contributed by atoms with E-state index in [0.717, 1.165) is 23.8 Å². The lowest BCUT2D eigenvalue weighted by molar-refractivity contribution is 0.112. The van der Waals surface area contributed by atoms with Gasteiger partial charge in [-0.25, -0.2) is 0 Å². The summed E-state index contributed by atoms with van der Waals surface area (Å²) in [5.41, 5.74) is 5.77. The van der Waals surface area contributed by atoms with E-state index >= 15 is 0 Å². The van der Waals surface area contributed by atoms with Gasteiger partial charge in [0.25, 0.3) is 0 Å². The summed E-state index contributed by atoms with van der Waals surface area (Å²) < 4.78 is 0. The van der Waals surface area contributed by atoms with Crippen LogP contribution >= 0.6 is 0 Å². The van der Waals surface area contributed by atoms with Crippen LogP contribution in [0.4, 0.5) is 0 Å². The predicted octanol–water partition coefficient (Wildman–Crippen LogP) is 3.71. The van der Waals surface area contributed by atoms with E-state index in [1.54, 1.807) is 0 Å². The zero-order chi connectivity index (χ0) is 12.3. The number of hydrogen-bond acceptors (Lipinski definition) is 1. The Labute approximate surface area is 102 Å². The van der Waals surface area contributed by atoms with E-state index < -0.39 is 0 Å². The summed E-state index contributed by atoms with van der Waals surface area (Å²) in [4.78, 5) is 11.0. The SMILES string of the molecule is Cc1cccc(C)c1Cc1ccccc1C=O. The molecule has 0 N–H and O–H groups in total. The van der Waals surface area contributed by atoms with E-state index in [1.807, 2.05) is 24.3 Å². The van der Waals surface area contributed by atoms with E-state index in [0.29, 0.717) is 0 Å². The summed E-state index contributed by atoms with van der Waals surface area (Å²) >= 11 is 0. The van der Waals surface area contributed by atoms with Crippen molar-refractivity contribution in [3.63, 3.8) is 0 Å². The van der Waals surface area contributed by atoms with Crippen molar-refractivity contribution in [3.05, 3.63) is 70.3 Å². The molecule has 0 amide bonds. The van der Waals surface area contributed by atoms with Gasteiger partial charge in [0.1, 0.15) is 6.29 Å². The molecule has 1 nitrogen and oxygen atoms in total. The maximum absolute atomic E-state index is 11.0. The van der Waals surface area contributed by atoms with Gasteiger partial charge in [-0.2, -0.15) is 0 Å². The van der Waals surface area contributed by atoms with Crippen LogP contribution in [-0.4, -0.2) is 6.29 Å². The van der Waals surface area contributed by atoms with Crippen LogP contribution in [0.3, 0.4) is 0 Å². The maximum Gasteiger partial charge on any atom is 0.150 e. The molecule has 0 atom stereocenters. The minimum Gasteiger partial charge on any atom is -0.298 e. The van der Waals surface area contributed by atoms with Crippen LogP contribution in [0.5, 0.6) is 0 Å². The second-order valence-electron chi connectivity index (χ2n) is 4.36. The minimum absolute atomic E-state index is 0.787. The summed E-state index contributed by atoms with van der Waals surface area (Å²) in [7, 11) is 0. The highest BCUT2D eigenvalue weighted by molar-refractivity contribution is 5.77. The van der Waals surface area contributed by atoms with Gasteiger partial charge in [0.15, 0.2) is 0 Å². The highest BCUT2D eigenvalue weighted by atomic mass is 16.1. The maximum atomic E-state index is 11.0. The molecule has 0 unspecified atom stereocenters. The summed E-state index contributed by atoms with van der Waals surface area (Å²) in [5, 5.41) is 0. The molecule has 0 saturated heterocycles. The van der Waals surface area contributed by atoms with Crippen LogP contribution in [-0.2, 0) is 6.42 Å². The monoisotopic (exact) mass is 224 g/mol. The van der Waals surface area contributed by atoms with Gasteiger partial charge in [-0.15, -0.1) is 0 Å². The van der Waals surface area contributed by atoms with Crippen molar-refractivity contribution in [1.82, 2.24) is 0 Å². The van der Waals surface area contributed by atoms with Crippen LogP contribution in [0.2, 0.25) is 0 Å². The Morgan fingerprint density at radius 3 is 2.24 bits per heavy atom. The third-order valence-corrected chi connectivity index (χ3v) is 3.19. The lowest BCUT2D eigenvalue weighted by atomic mass is 9.94. The number of aryl methyl sites for hydroxylation is 2. The smallest absolute Gasteiger partial charge is 0.150 e. The molecule has 0 bridgehead atoms. The van der Waals surface area contributed by atoms with Crippen LogP contribution < -0.4 is 0 Å². The third-order valence-electron chi connectivity index (χ3n) is 3.19. The average Bonchev–Trinajstić information content (AvgIpc) is 2.34. The fraction of sp³-hybridized carbons (Fsp3) is 0.188. The Hall–Kier alpha value is -1.89. The zero-order valence-electron chi connectivity index (χ0n) is 10.2. The molecule has 0 radical (unpaired) electrons. The van der Waals surface area contributed by atoms with Crippen LogP contribution in [0, 0.1) is 13.8 Å². The average molecular weight is 224 g/mol. The quantitative estimate of drug-likeness (QED) is 0.726. The van der Waals surface area contributed by atoms with Crippen molar-refractivity contribution < 1.29 is 4.79 Å². The van der Waals surface area contributed by atoms with Crippen molar-refractivity contribution in [2.24, 2.45) is 0 Å². The first kappa shape index (κ1) is 11.6. The van der Waals surface area contributed by atoms with E-state index in [9.17, 15) is 4.79 Å². The number of rotatable bonds is 3. The third kappa shape index (κ3) is 2.44. The normalized spacial score (nSPS) is 10.2. The largest absolute Gasteiger partial charge is 0.298 e. The number of aldehydes is 1. The van der Waals surface area contributed by atoms with Crippen LogP contribution in [0.25, 0.3) is 0 Å². The second-order valence-corrected chi connectivity index (χ2v) is 4.36. The number of carbonyl (C=O) groups excluding carboxylic acids is 1. The molecule has 2 aromatic carbocycles. The fourth-order valence-electron chi connectivity index (χ4n) is 2.13. The van der Waals surface area contributed by atoms with Gasteiger partial charge >= 0.3 is 0 Å². The molecule has 1 heteroatoms. The van der Waals surface area contributed by atoms with E-state index in [1.165, 1.54) is 16.7 Å². The summed E-state index contributed by atoms with van der Waals surface area (Å²) in [6, 6.07) is 14.1. The Bertz CT molecular complexity index is 521. The molecule has 0 aliphatic rings. The van der Waals surface area contributed by atoms with Gasteiger partial charge in [0.2, 0.25) is 0 Å². The Morgan fingerprint density at radius 2 is 1.59 bits per heavy atom. The lowest BCUT2D eigenvalue weighted by Gasteiger charge is -2.11. The Morgan fingerprint density at radius 1 is 0.941 bits per heavy atom. The Kier molecular flexibility index (Phi) is 3.38. The molecule has 17 heavy (non-hydrogen) atoms. The molecule has 2 rings (SSSR count). The molecule has 0 heterocycles. The standard InChI is InChI=1S/C16H16O/c1-12-6-5-7-13(2)16(12)10-14-8-3-4-9-15(14)11-17/h3-9,11H,10H2,1-2H3. The van der Waals surface area contributed by atoms with Crippen LogP contribution in [0.15, 0.2) is 42.5 Å². The van der Waals surface area contributed by atoms with Gasteiger partial charge in [-0.1, -0.05) is 42.5 Å². The number of benzene rings is 2. The highest BCUT2D eigenvalue weighted by Crippen LogP contribution is 2.19. The van der Waals surface area contributed by atoms with Gasteiger partial charge in [-0.3, -0.25) is 4.79 Å². The highest BCUT2D eigenvalue weighted by Gasteiger charge is 2.06. The fourth-order valence-corrected chi connectivity index (χ4v) is 2.13. The van der Waals surface area contributed by atoms with Crippen molar-refractivity contribution in [2.75, 3.05) is 0 Å². The van der Waals surface area contributed by atoms with Gasteiger partial charge in [0.05, 0.1) is 0 Å². The summed E-state index contributed by atoms with van der Waals surface area (Å²) in [6.07, 6.45) is 1.76. The van der Waals surface area contributed by atoms with Crippen molar-refractivity contribution in [1.29, 1.82) is 0 Å². The van der Waals surface area contributed by atoms with Crippen molar-refractivity contribution in [2.45, 2.75) is 20.3 Å². The molecule has 0 aliphatic heterocycles. The summed E-state index contributed by atoms with van der Waals surface area (Å²) in [6.45, 7) is 4.23. The lowest BCUT2D eigenvalue weighted by Crippen LogP contribution is -1.98. The molecule has 0 spiro atoms. The first-order chi connectivity index (χ1) is 8.22. The first-order valence-electron chi connectivity index (χ1n) is 5.80. The zero-order valence-corrected chi connectivity index (χ0v) is 10.2. The molecule has 0 aliphatic carbocycles. The first-order valence-corrected chi connectivity index (χ1v) is 5.80. The predicted molar refractivity (Wildman–Crippen MR) is 70.6 cm³/mol. The van der Waals surface area contributed by atoms with E-state index in [-0.39, 0.29) is 0 Å². The van der Waals surface area contributed by atoms with E-state index in [2.05, 4.69) is 32.0 Å². The molecular formula is C16H16O. The summed E-state index contributed by atoms with van der Waals surface area (Å²) in [5.74, 6) is 0. The van der Waals surface area contributed by atoms with Crippen molar-refractivity contribution >= 4 is 6.29 Å². The molecule has 0 saturated carbocycles. The van der Waals surface area contributed by atoms with Gasteiger partial charge in [0, 0.05) is 5.56 Å². The van der Waals surface area contributed by atoms with Crippen LogP contribution in [0.1, 0.15) is 32.6 Å². The Balaban J connectivity index is 2.41.